The minimum absolute atomic E-state index is 0.491. The molecule has 0 bridgehead atoms. The van der Waals surface area contributed by atoms with Gasteiger partial charge in [-0.05, 0) is 35.2 Å². The fourth-order valence-corrected chi connectivity index (χ4v) is 1.67. The Kier molecular flexibility index (Phi) is 3.95. The molecule has 0 radical (unpaired) electrons. The normalized spacial score (nSPS) is 10.7. The number of aromatic nitrogens is 1. The summed E-state index contributed by atoms with van der Waals surface area (Å²) < 4.78 is 5.69. The number of hydrogen-bond acceptors (Lipinski definition) is 3. The Morgan fingerprint density at radius 1 is 1.17 bits per heavy atom. The van der Waals surface area contributed by atoms with Crippen molar-refractivity contribution in [2.45, 2.75) is 26.3 Å². The van der Waals surface area contributed by atoms with Crippen LogP contribution < -0.4 is 10.5 Å². The highest BCUT2D eigenvalue weighted by Crippen LogP contribution is 2.22. The molecule has 1 heterocycles. The number of ether oxygens (including phenoxy) is 1. The molecule has 2 aromatic rings. The molecule has 2 rings (SSSR count). The smallest absolute Gasteiger partial charge is 0.219 e. The highest BCUT2D eigenvalue weighted by atomic mass is 16.5. The predicted molar refractivity (Wildman–Crippen MR) is 72.7 cm³/mol. The zero-order chi connectivity index (χ0) is 13.0. The van der Waals surface area contributed by atoms with Gasteiger partial charge in [-0.15, -0.1) is 0 Å². The molecular formula is C15H18N2O. The molecule has 0 amide bonds. The lowest BCUT2D eigenvalue weighted by Gasteiger charge is -2.08. The number of nitrogens with two attached hydrogens (primary N) is 1. The molecule has 0 aliphatic carbocycles. The van der Waals surface area contributed by atoms with Crippen LogP contribution in [0.4, 0.5) is 0 Å². The van der Waals surface area contributed by atoms with E-state index < -0.39 is 0 Å². The third-order valence-corrected chi connectivity index (χ3v) is 2.80. The lowest BCUT2D eigenvalue weighted by atomic mass is 10.0. The van der Waals surface area contributed by atoms with Gasteiger partial charge in [-0.1, -0.05) is 26.0 Å². The van der Waals surface area contributed by atoms with E-state index in [-0.39, 0.29) is 0 Å². The van der Waals surface area contributed by atoms with E-state index in [0.29, 0.717) is 18.3 Å². The second-order valence-corrected chi connectivity index (χ2v) is 4.53. The Balaban J connectivity index is 2.13. The van der Waals surface area contributed by atoms with E-state index >= 15 is 0 Å². The molecule has 18 heavy (non-hydrogen) atoms. The zero-order valence-corrected chi connectivity index (χ0v) is 10.8. The van der Waals surface area contributed by atoms with Gasteiger partial charge >= 0.3 is 0 Å². The van der Waals surface area contributed by atoms with E-state index in [2.05, 4.69) is 31.0 Å². The molecule has 0 aliphatic heterocycles. The standard InChI is InChI=1S/C15H18N2O/c1-11(2)13-3-5-14(6-4-13)18-15-9-12(10-16)7-8-17-15/h3-9,11H,10,16H2,1-2H3. The summed E-state index contributed by atoms with van der Waals surface area (Å²) in [4.78, 5) is 4.16. The van der Waals surface area contributed by atoms with Crippen LogP contribution in [0.5, 0.6) is 11.6 Å². The van der Waals surface area contributed by atoms with Crippen LogP contribution in [0.15, 0.2) is 42.6 Å². The Morgan fingerprint density at radius 2 is 1.89 bits per heavy atom. The first-order valence-electron chi connectivity index (χ1n) is 6.12. The van der Waals surface area contributed by atoms with Crippen molar-refractivity contribution < 1.29 is 4.74 Å². The first-order valence-corrected chi connectivity index (χ1v) is 6.12. The summed E-state index contributed by atoms with van der Waals surface area (Å²) in [6.45, 7) is 4.83. The number of hydrogen-bond donors (Lipinski definition) is 1. The lowest BCUT2D eigenvalue weighted by Crippen LogP contribution is -1.97. The van der Waals surface area contributed by atoms with Crippen LogP contribution in [-0.4, -0.2) is 4.98 Å². The van der Waals surface area contributed by atoms with Gasteiger partial charge in [0.1, 0.15) is 5.75 Å². The van der Waals surface area contributed by atoms with Gasteiger partial charge in [-0.2, -0.15) is 0 Å². The summed E-state index contributed by atoms with van der Waals surface area (Å²) in [5.74, 6) is 1.90. The average molecular weight is 242 g/mol. The predicted octanol–water partition coefficient (Wildman–Crippen LogP) is 3.46. The van der Waals surface area contributed by atoms with E-state index in [0.717, 1.165) is 11.3 Å². The van der Waals surface area contributed by atoms with Gasteiger partial charge in [0.25, 0.3) is 0 Å². The molecule has 1 aromatic heterocycles. The minimum Gasteiger partial charge on any atom is -0.439 e. The van der Waals surface area contributed by atoms with Gasteiger partial charge < -0.3 is 10.5 Å². The third kappa shape index (κ3) is 3.08. The van der Waals surface area contributed by atoms with Crippen LogP contribution in [-0.2, 0) is 6.54 Å². The Hall–Kier alpha value is -1.87. The summed E-state index contributed by atoms with van der Waals surface area (Å²) >= 11 is 0. The second kappa shape index (κ2) is 5.65. The molecular weight excluding hydrogens is 224 g/mol. The molecule has 0 atom stereocenters. The van der Waals surface area contributed by atoms with Crippen molar-refractivity contribution in [1.82, 2.24) is 4.98 Å². The van der Waals surface area contributed by atoms with E-state index in [9.17, 15) is 0 Å². The third-order valence-electron chi connectivity index (χ3n) is 2.80. The molecule has 2 N–H and O–H groups in total. The molecule has 3 nitrogen and oxygen atoms in total. The van der Waals surface area contributed by atoms with Gasteiger partial charge in [0.15, 0.2) is 0 Å². The van der Waals surface area contributed by atoms with Crippen LogP contribution in [0.25, 0.3) is 0 Å². The molecule has 1 aromatic carbocycles. The molecule has 0 aliphatic rings. The van der Waals surface area contributed by atoms with Gasteiger partial charge in [-0.3, -0.25) is 0 Å². The highest BCUT2D eigenvalue weighted by molar-refractivity contribution is 5.32. The van der Waals surface area contributed by atoms with Crippen molar-refractivity contribution in [3.05, 3.63) is 53.7 Å². The fraction of sp³-hybridized carbons (Fsp3) is 0.267. The SMILES string of the molecule is CC(C)c1ccc(Oc2cc(CN)ccn2)cc1. The number of benzene rings is 1. The quantitative estimate of drug-likeness (QED) is 0.893. The van der Waals surface area contributed by atoms with Crippen LogP contribution in [0, 0.1) is 0 Å². The molecule has 0 spiro atoms. The number of nitrogens with zero attached hydrogens (tertiary/aromatic N) is 1. The fourth-order valence-electron chi connectivity index (χ4n) is 1.67. The van der Waals surface area contributed by atoms with Crippen molar-refractivity contribution in [3.63, 3.8) is 0 Å². The van der Waals surface area contributed by atoms with Crippen molar-refractivity contribution in [1.29, 1.82) is 0 Å². The van der Waals surface area contributed by atoms with E-state index in [1.165, 1.54) is 5.56 Å². The average Bonchev–Trinajstić information content (AvgIpc) is 2.39. The van der Waals surface area contributed by atoms with E-state index in [4.69, 9.17) is 10.5 Å². The number of pyridine rings is 1. The van der Waals surface area contributed by atoms with E-state index in [1.54, 1.807) is 6.20 Å². The largest absolute Gasteiger partial charge is 0.439 e. The molecule has 0 unspecified atom stereocenters. The minimum atomic E-state index is 0.491. The van der Waals surface area contributed by atoms with Crippen LogP contribution in [0.1, 0.15) is 30.9 Å². The summed E-state index contributed by atoms with van der Waals surface area (Å²) in [5, 5.41) is 0. The first kappa shape index (κ1) is 12.6. The van der Waals surface area contributed by atoms with Gasteiger partial charge in [-0.25, -0.2) is 4.98 Å². The molecule has 3 heteroatoms. The van der Waals surface area contributed by atoms with Crippen molar-refractivity contribution in [2.24, 2.45) is 5.73 Å². The monoisotopic (exact) mass is 242 g/mol. The van der Waals surface area contributed by atoms with Gasteiger partial charge in [0.05, 0.1) is 0 Å². The van der Waals surface area contributed by atoms with Crippen molar-refractivity contribution in [2.75, 3.05) is 0 Å². The summed E-state index contributed by atoms with van der Waals surface area (Å²) in [7, 11) is 0. The Morgan fingerprint density at radius 3 is 2.50 bits per heavy atom. The van der Waals surface area contributed by atoms with Gasteiger partial charge in [0, 0.05) is 18.8 Å². The van der Waals surface area contributed by atoms with Gasteiger partial charge in [0.2, 0.25) is 5.88 Å². The van der Waals surface area contributed by atoms with Crippen LogP contribution >= 0.6 is 0 Å². The first-order chi connectivity index (χ1) is 8.69. The maximum Gasteiger partial charge on any atom is 0.219 e. The maximum atomic E-state index is 5.69. The van der Waals surface area contributed by atoms with E-state index in [1.807, 2.05) is 24.3 Å². The molecule has 0 saturated carbocycles. The number of rotatable bonds is 4. The maximum absolute atomic E-state index is 5.69. The molecule has 94 valence electrons. The molecule has 0 fully saturated rings. The van der Waals surface area contributed by atoms with Crippen molar-refractivity contribution >= 4 is 0 Å². The second-order valence-electron chi connectivity index (χ2n) is 4.53. The zero-order valence-electron chi connectivity index (χ0n) is 10.8. The van der Waals surface area contributed by atoms with Crippen LogP contribution in [0.3, 0.4) is 0 Å². The highest BCUT2D eigenvalue weighted by Gasteiger charge is 2.02. The lowest BCUT2D eigenvalue weighted by molar-refractivity contribution is 0.462. The Labute approximate surface area is 108 Å². The Bertz CT molecular complexity index is 506. The van der Waals surface area contributed by atoms with Crippen molar-refractivity contribution in [3.8, 4) is 11.6 Å². The van der Waals surface area contributed by atoms with Crippen LogP contribution in [0.2, 0.25) is 0 Å². The topological polar surface area (TPSA) is 48.1 Å². The summed E-state index contributed by atoms with van der Waals surface area (Å²) in [6.07, 6.45) is 1.71. The summed E-state index contributed by atoms with van der Waals surface area (Å²) in [5.41, 5.74) is 7.89. The summed E-state index contributed by atoms with van der Waals surface area (Å²) in [6, 6.07) is 11.8. The molecule has 0 saturated heterocycles.